The number of anilines is 1. The quantitative estimate of drug-likeness (QED) is 0.185. The van der Waals surface area contributed by atoms with Crippen LogP contribution in [0.15, 0.2) is 112 Å². The number of carbonyl (C=O) groups is 1. The Labute approximate surface area is 282 Å². The summed E-state index contributed by atoms with van der Waals surface area (Å²) < 4.78 is 5.99. The number of rotatable bonds is 7. The fourth-order valence-corrected chi connectivity index (χ4v) is 6.50. The standard InChI is InChI=1S/C40H34N6O3/c1-25-21-34(35(22-26(25)2)41-40(48)29-13-16-33-37(23-29)49-36-10-6-5-9-32(36)38(33)47)39-42-44-46(43-39)31-14-11-27(12-15-31)17-19-45-20-18-28-7-3-4-8-30(28)24-45/h3-16,21-23H,17-20,24H2,1-2H3,(H,41,48). The summed E-state index contributed by atoms with van der Waals surface area (Å²) in [5.41, 5.74) is 9.25. The first-order valence-electron chi connectivity index (χ1n) is 16.5. The van der Waals surface area contributed by atoms with Crippen molar-refractivity contribution in [2.24, 2.45) is 0 Å². The van der Waals surface area contributed by atoms with Gasteiger partial charge >= 0.3 is 0 Å². The third-order valence-corrected chi connectivity index (χ3v) is 9.47. The maximum atomic E-state index is 13.6. The average Bonchev–Trinajstić information content (AvgIpc) is 3.62. The third kappa shape index (κ3) is 6.00. The lowest BCUT2D eigenvalue weighted by molar-refractivity contribution is 0.102. The van der Waals surface area contributed by atoms with Gasteiger partial charge in [0.1, 0.15) is 11.2 Å². The van der Waals surface area contributed by atoms with Gasteiger partial charge in [0, 0.05) is 30.8 Å². The molecular formula is C40H34N6O3. The number of benzene rings is 5. The Morgan fingerprint density at radius 2 is 1.59 bits per heavy atom. The summed E-state index contributed by atoms with van der Waals surface area (Å²) in [6.07, 6.45) is 2.06. The smallest absolute Gasteiger partial charge is 0.255 e. The zero-order chi connectivity index (χ0) is 33.5. The predicted molar refractivity (Wildman–Crippen MR) is 191 cm³/mol. The van der Waals surface area contributed by atoms with Crippen LogP contribution in [0.25, 0.3) is 39.0 Å². The second-order valence-corrected chi connectivity index (χ2v) is 12.7. The van der Waals surface area contributed by atoms with Crippen LogP contribution in [0.5, 0.6) is 0 Å². The number of aryl methyl sites for hydroxylation is 2. The van der Waals surface area contributed by atoms with Gasteiger partial charge in [0.2, 0.25) is 11.3 Å². The summed E-state index contributed by atoms with van der Waals surface area (Å²) in [6, 6.07) is 32.8. The molecule has 2 aromatic heterocycles. The Hall–Kier alpha value is -5.93. The fourth-order valence-electron chi connectivity index (χ4n) is 6.50. The first-order valence-corrected chi connectivity index (χ1v) is 16.5. The molecule has 0 spiro atoms. The van der Waals surface area contributed by atoms with Crippen LogP contribution in [0.4, 0.5) is 5.69 Å². The van der Waals surface area contributed by atoms with Crippen molar-refractivity contribution >= 4 is 33.5 Å². The molecule has 1 aliphatic rings. The van der Waals surface area contributed by atoms with Gasteiger partial charge in [-0.3, -0.25) is 14.5 Å². The molecule has 0 atom stereocenters. The molecule has 0 unspecified atom stereocenters. The Balaban J connectivity index is 0.997. The van der Waals surface area contributed by atoms with Crippen LogP contribution in [0.3, 0.4) is 0 Å². The van der Waals surface area contributed by atoms with E-state index in [-0.39, 0.29) is 11.3 Å². The highest BCUT2D eigenvalue weighted by molar-refractivity contribution is 6.08. The Morgan fingerprint density at radius 1 is 0.837 bits per heavy atom. The van der Waals surface area contributed by atoms with Crippen molar-refractivity contribution in [1.82, 2.24) is 25.1 Å². The van der Waals surface area contributed by atoms with Crippen LogP contribution in [0.1, 0.15) is 38.2 Å². The van der Waals surface area contributed by atoms with Crippen molar-refractivity contribution in [2.45, 2.75) is 33.2 Å². The molecule has 1 amide bonds. The molecule has 0 fully saturated rings. The number of carbonyl (C=O) groups excluding carboxylic acids is 1. The SMILES string of the molecule is Cc1cc(NC(=O)c2ccc3c(=O)c4ccccc4oc3c2)c(-c2nnn(-c3ccc(CCN4CCc5ccccc5C4)cc3)n2)cc1C. The molecule has 7 aromatic rings. The molecule has 3 heterocycles. The van der Waals surface area contributed by atoms with E-state index in [0.717, 1.165) is 49.3 Å². The van der Waals surface area contributed by atoms with Crippen molar-refractivity contribution in [3.63, 3.8) is 0 Å². The molecule has 8 rings (SSSR count). The summed E-state index contributed by atoms with van der Waals surface area (Å²) in [6.45, 7) is 7.08. The van der Waals surface area contributed by atoms with Gasteiger partial charge in [-0.05, 0) is 114 Å². The number of hydrogen-bond donors (Lipinski definition) is 1. The van der Waals surface area contributed by atoms with E-state index < -0.39 is 0 Å². The number of amides is 1. The van der Waals surface area contributed by atoms with E-state index in [0.29, 0.717) is 44.6 Å². The number of nitrogens with one attached hydrogen (secondary N) is 1. The normalized spacial score (nSPS) is 13.1. The van der Waals surface area contributed by atoms with Crippen molar-refractivity contribution in [3.8, 4) is 17.1 Å². The molecule has 0 bridgehead atoms. The zero-order valence-electron chi connectivity index (χ0n) is 27.3. The van der Waals surface area contributed by atoms with Crippen LogP contribution in [0, 0.1) is 13.8 Å². The van der Waals surface area contributed by atoms with E-state index in [9.17, 15) is 9.59 Å². The van der Waals surface area contributed by atoms with Crippen molar-refractivity contribution in [3.05, 3.63) is 147 Å². The van der Waals surface area contributed by atoms with Crippen LogP contribution in [-0.4, -0.2) is 44.1 Å². The van der Waals surface area contributed by atoms with Crippen LogP contribution in [-0.2, 0) is 19.4 Å². The number of hydrogen-bond acceptors (Lipinski definition) is 7. The summed E-state index contributed by atoms with van der Waals surface area (Å²) in [4.78, 5) is 30.6. The van der Waals surface area contributed by atoms with E-state index in [1.807, 2.05) is 44.2 Å². The molecule has 0 radical (unpaired) electrons. The molecule has 0 saturated heterocycles. The minimum absolute atomic E-state index is 0.131. The molecule has 9 nitrogen and oxygen atoms in total. The second kappa shape index (κ2) is 12.6. The third-order valence-electron chi connectivity index (χ3n) is 9.47. The minimum Gasteiger partial charge on any atom is -0.456 e. The van der Waals surface area contributed by atoms with Crippen LogP contribution in [0.2, 0.25) is 0 Å². The zero-order valence-corrected chi connectivity index (χ0v) is 27.3. The van der Waals surface area contributed by atoms with Gasteiger partial charge in [-0.25, -0.2) is 0 Å². The predicted octanol–water partition coefficient (Wildman–Crippen LogP) is 7.06. The lowest BCUT2D eigenvalue weighted by atomic mass is 9.99. The van der Waals surface area contributed by atoms with Crippen molar-refractivity contribution in [2.75, 3.05) is 18.4 Å². The highest BCUT2D eigenvalue weighted by atomic mass is 16.3. The van der Waals surface area contributed by atoms with Crippen LogP contribution >= 0.6 is 0 Å². The summed E-state index contributed by atoms with van der Waals surface area (Å²) in [7, 11) is 0. The number of aromatic nitrogens is 4. The highest BCUT2D eigenvalue weighted by Crippen LogP contribution is 2.30. The van der Waals surface area contributed by atoms with Gasteiger partial charge in [-0.2, -0.15) is 0 Å². The van der Waals surface area contributed by atoms with E-state index >= 15 is 0 Å². The second-order valence-electron chi connectivity index (χ2n) is 12.7. The minimum atomic E-state index is -0.348. The lowest BCUT2D eigenvalue weighted by Gasteiger charge is -2.28. The lowest BCUT2D eigenvalue weighted by Crippen LogP contribution is -2.32. The molecule has 9 heteroatoms. The van der Waals surface area contributed by atoms with Gasteiger partial charge in [-0.1, -0.05) is 48.5 Å². The van der Waals surface area contributed by atoms with Gasteiger partial charge in [0.05, 0.1) is 22.1 Å². The topological polar surface area (TPSA) is 106 Å². The van der Waals surface area contributed by atoms with Gasteiger partial charge in [0.25, 0.3) is 5.91 Å². The number of nitrogens with zero attached hydrogens (tertiary/aromatic N) is 5. The van der Waals surface area contributed by atoms with Gasteiger partial charge in [-0.15, -0.1) is 15.0 Å². The van der Waals surface area contributed by atoms with E-state index in [1.54, 1.807) is 36.4 Å². The van der Waals surface area contributed by atoms with Gasteiger partial charge in [0.15, 0.2) is 0 Å². The Bertz CT molecular complexity index is 2430. The highest BCUT2D eigenvalue weighted by Gasteiger charge is 2.19. The molecule has 242 valence electrons. The molecule has 0 aliphatic carbocycles. The summed E-state index contributed by atoms with van der Waals surface area (Å²) >= 11 is 0. The van der Waals surface area contributed by atoms with Gasteiger partial charge < -0.3 is 9.73 Å². The monoisotopic (exact) mass is 646 g/mol. The van der Waals surface area contributed by atoms with E-state index in [2.05, 4.69) is 56.9 Å². The molecule has 49 heavy (non-hydrogen) atoms. The molecular weight excluding hydrogens is 612 g/mol. The van der Waals surface area contributed by atoms with E-state index in [4.69, 9.17) is 9.52 Å². The first kappa shape index (κ1) is 30.4. The average molecular weight is 647 g/mol. The first-order chi connectivity index (χ1) is 23.9. The maximum Gasteiger partial charge on any atom is 0.255 e. The molecule has 5 aromatic carbocycles. The molecule has 1 N–H and O–H groups in total. The number of fused-ring (bicyclic) bond motifs is 3. The summed E-state index contributed by atoms with van der Waals surface area (Å²) in [5, 5.41) is 17.4. The molecule has 1 aliphatic heterocycles. The Morgan fingerprint density at radius 3 is 2.45 bits per heavy atom. The van der Waals surface area contributed by atoms with Crippen molar-refractivity contribution in [1.29, 1.82) is 0 Å². The fraction of sp³-hybridized carbons (Fsp3) is 0.175. The van der Waals surface area contributed by atoms with E-state index in [1.165, 1.54) is 21.5 Å². The maximum absolute atomic E-state index is 13.6. The largest absolute Gasteiger partial charge is 0.456 e. The number of tetrazole rings is 1. The summed E-state index contributed by atoms with van der Waals surface area (Å²) in [5.74, 6) is 0.0442. The van der Waals surface area contributed by atoms with Crippen molar-refractivity contribution < 1.29 is 9.21 Å². The van der Waals surface area contributed by atoms with Crippen LogP contribution < -0.4 is 10.7 Å². The molecule has 0 saturated carbocycles. The number of para-hydroxylation sites is 1. The Kier molecular flexibility index (Phi) is 7.81.